The van der Waals surface area contributed by atoms with Crippen molar-refractivity contribution in [3.05, 3.63) is 65.9 Å². The van der Waals surface area contributed by atoms with E-state index >= 15 is 0 Å². The fourth-order valence-electron chi connectivity index (χ4n) is 2.92. The fourth-order valence-corrected chi connectivity index (χ4v) is 2.92. The van der Waals surface area contributed by atoms with Gasteiger partial charge in [0, 0.05) is 23.6 Å². The molecular formula is C21H24N2O2. The quantitative estimate of drug-likeness (QED) is 0.685. The van der Waals surface area contributed by atoms with E-state index in [-0.39, 0.29) is 5.91 Å². The van der Waals surface area contributed by atoms with Crippen molar-refractivity contribution in [2.45, 2.75) is 32.8 Å². The van der Waals surface area contributed by atoms with Crippen molar-refractivity contribution in [1.82, 2.24) is 10.3 Å². The average Bonchev–Trinajstić information content (AvgIpc) is 3.02. The lowest BCUT2D eigenvalue weighted by molar-refractivity contribution is -0.128. The van der Waals surface area contributed by atoms with Crippen LogP contribution in [0.1, 0.15) is 24.5 Å². The topological polar surface area (TPSA) is 54.1 Å². The van der Waals surface area contributed by atoms with E-state index in [1.807, 2.05) is 43.5 Å². The molecule has 0 aliphatic heterocycles. The maximum absolute atomic E-state index is 12.4. The summed E-state index contributed by atoms with van der Waals surface area (Å²) in [4.78, 5) is 15.7. The number of para-hydroxylation sites is 1. The van der Waals surface area contributed by atoms with Crippen molar-refractivity contribution in [2.75, 3.05) is 6.54 Å². The highest BCUT2D eigenvalue weighted by atomic mass is 16.5. The normalized spacial score (nSPS) is 12.1. The largest absolute Gasteiger partial charge is 0.481 e. The molecule has 0 aliphatic carbocycles. The van der Waals surface area contributed by atoms with Crippen molar-refractivity contribution in [3.63, 3.8) is 0 Å². The van der Waals surface area contributed by atoms with Crippen LogP contribution in [0, 0.1) is 6.92 Å². The van der Waals surface area contributed by atoms with E-state index in [2.05, 4.69) is 35.4 Å². The van der Waals surface area contributed by atoms with E-state index in [9.17, 15) is 4.79 Å². The first-order valence-corrected chi connectivity index (χ1v) is 8.73. The van der Waals surface area contributed by atoms with Crippen LogP contribution in [0.25, 0.3) is 10.9 Å². The maximum atomic E-state index is 12.4. The van der Waals surface area contributed by atoms with Crippen LogP contribution < -0.4 is 10.1 Å². The molecule has 3 aromatic rings. The van der Waals surface area contributed by atoms with Crippen LogP contribution >= 0.6 is 0 Å². The zero-order valence-corrected chi connectivity index (χ0v) is 14.7. The number of hydrogen-bond donors (Lipinski definition) is 2. The second-order valence-corrected chi connectivity index (χ2v) is 6.23. The van der Waals surface area contributed by atoms with Gasteiger partial charge in [0.15, 0.2) is 6.10 Å². The molecule has 1 heterocycles. The highest BCUT2D eigenvalue weighted by Crippen LogP contribution is 2.20. The van der Waals surface area contributed by atoms with E-state index < -0.39 is 6.10 Å². The Morgan fingerprint density at radius 1 is 1.20 bits per heavy atom. The van der Waals surface area contributed by atoms with Crippen molar-refractivity contribution >= 4 is 16.8 Å². The third kappa shape index (κ3) is 4.21. The lowest BCUT2D eigenvalue weighted by Gasteiger charge is -2.17. The summed E-state index contributed by atoms with van der Waals surface area (Å²) in [5, 5.41) is 4.22. The average molecular weight is 336 g/mol. The van der Waals surface area contributed by atoms with Gasteiger partial charge < -0.3 is 15.0 Å². The lowest BCUT2D eigenvalue weighted by atomic mass is 10.1. The smallest absolute Gasteiger partial charge is 0.261 e. The minimum absolute atomic E-state index is 0.0672. The molecule has 0 radical (unpaired) electrons. The molecule has 0 fully saturated rings. The van der Waals surface area contributed by atoms with Crippen molar-refractivity contribution in [1.29, 1.82) is 0 Å². The van der Waals surface area contributed by atoms with Gasteiger partial charge in [-0.15, -0.1) is 0 Å². The molecule has 0 aliphatic rings. The number of amides is 1. The number of aromatic nitrogens is 1. The van der Waals surface area contributed by atoms with E-state index in [1.54, 1.807) is 0 Å². The number of ether oxygens (including phenoxy) is 1. The van der Waals surface area contributed by atoms with Gasteiger partial charge in [-0.05, 0) is 49.6 Å². The predicted octanol–water partition coefficient (Wildman–Crippen LogP) is 3.99. The van der Waals surface area contributed by atoms with Crippen LogP contribution in [0.3, 0.4) is 0 Å². The highest BCUT2D eigenvalue weighted by molar-refractivity contribution is 5.84. The number of H-pyrrole nitrogens is 1. The number of carbonyl (C=O) groups is 1. The Balaban J connectivity index is 1.56. The van der Waals surface area contributed by atoms with Gasteiger partial charge in [0.1, 0.15) is 5.75 Å². The van der Waals surface area contributed by atoms with Gasteiger partial charge in [0.2, 0.25) is 0 Å². The first kappa shape index (κ1) is 17.1. The molecule has 25 heavy (non-hydrogen) atoms. The first-order valence-electron chi connectivity index (χ1n) is 8.73. The van der Waals surface area contributed by atoms with E-state index in [0.717, 1.165) is 17.7 Å². The predicted molar refractivity (Wildman–Crippen MR) is 101 cm³/mol. The van der Waals surface area contributed by atoms with Gasteiger partial charge in [-0.2, -0.15) is 0 Å². The number of carbonyl (C=O) groups excluding carboxylic acids is 1. The van der Waals surface area contributed by atoms with Gasteiger partial charge in [-0.3, -0.25) is 4.79 Å². The molecule has 1 unspecified atom stereocenters. The molecule has 130 valence electrons. The van der Waals surface area contributed by atoms with E-state index in [4.69, 9.17) is 4.74 Å². The van der Waals surface area contributed by atoms with Crippen LogP contribution in [0.15, 0.2) is 54.7 Å². The summed E-state index contributed by atoms with van der Waals surface area (Å²) in [6.45, 7) is 4.63. The zero-order valence-electron chi connectivity index (χ0n) is 14.7. The SMILES string of the molecule is CCC(Oc1ccccc1)C(=O)NCCc1c[nH]c2ccc(C)cc12. The molecule has 3 rings (SSSR count). The lowest BCUT2D eigenvalue weighted by Crippen LogP contribution is -2.38. The Labute approximate surface area is 148 Å². The van der Waals surface area contributed by atoms with Crippen LogP contribution in [-0.4, -0.2) is 23.5 Å². The molecule has 4 nitrogen and oxygen atoms in total. The Hall–Kier alpha value is -2.75. The monoisotopic (exact) mass is 336 g/mol. The standard InChI is InChI=1S/C21H24N2O2/c1-3-20(25-17-7-5-4-6-8-17)21(24)22-12-11-16-14-23-19-10-9-15(2)13-18(16)19/h4-10,13-14,20,23H,3,11-12H2,1-2H3,(H,22,24). The summed E-state index contributed by atoms with van der Waals surface area (Å²) in [7, 11) is 0. The second kappa shape index (κ2) is 7.88. The summed E-state index contributed by atoms with van der Waals surface area (Å²) in [5.74, 6) is 0.652. The second-order valence-electron chi connectivity index (χ2n) is 6.23. The number of rotatable bonds is 7. The zero-order chi connectivity index (χ0) is 17.6. The Kier molecular flexibility index (Phi) is 5.39. The number of aryl methyl sites for hydroxylation is 1. The Morgan fingerprint density at radius 2 is 2.00 bits per heavy atom. The Bertz CT molecular complexity index is 839. The molecule has 2 aromatic carbocycles. The fraction of sp³-hybridized carbons (Fsp3) is 0.286. The molecule has 1 amide bonds. The molecular weight excluding hydrogens is 312 g/mol. The maximum Gasteiger partial charge on any atom is 0.261 e. The minimum atomic E-state index is -0.465. The Morgan fingerprint density at radius 3 is 2.76 bits per heavy atom. The summed E-state index contributed by atoms with van der Waals surface area (Å²) in [6, 6.07) is 15.8. The summed E-state index contributed by atoms with van der Waals surface area (Å²) < 4.78 is 5.78. The molecule has 4 heteroatoms. The number of aromatic amines is 1. The third-order valence-corrected chi connectivity index (χ3v) is 4.30. The number of fused-ring (bicyclic) bond motifs is 1. The highest BCUT2D eigenvalue weighted by Gasteiger charge is 2.17. The molecule has 0 spiro atoms. The molecule has 0 saturated carbocycles. The van der Waals surface area contributed by atoms with Gasteiger partial charge in [0.25, 0.3) is 5.91 Å². The van der Waals surface area contributed by atoms with E-state index in [0.29, 0.717) is 13.0 Å². The number of benzene rings is 2. The van der Waals surface area contributed by atoms with E-state index in [1.165, 1.54) is 16.5 Å². The van der Waals surface area contributed by atoms with Gasteiger partial charge in [0.05, 0.1) is 0 Å². The van der Waals surface area contributed by atoms with Crippen molar-refractivity contribution in [2.24, 2.45) is 0 Å². The van der Waals surface area contributed by atoms with Gasteiger partial charge in [-0.1, -0.05) is 36.8 Å². The van der Waals surface area contributed by atoms with Gasteiger partial charge in [-0.25, -0.2) is 0 Å². The van der Waals surface area contributed by atoms with Crippen LogP contribution in [-0.2, 0) is 11.2 Å². The first-order chi connectivity index (χ1) is 12.2. The molecule has 2 N–H and O–H groups in total. The summed E-state index contributed by atoms with van der Waals surface area (Å²) in [5.41, 5.74) is 3.58. The van der Waals surface area contributed by atoms with Crippen molar-refractivity contribution < 1.29 is 9.53 Å². The third-order valence-electron chi connectivity index (χ3n) is 4.30. The molecule has 0 saturated heterocycles. The van der Waals surface area contributed by atoms with Gasteiger partial charge >= 0.3 is 0 Å². The van der Waals surface area contributed by atoms with Crippen molar-refractivity contribution in [3.8, 4) is 5.75 Å². The summed E-state index contributed by atoms with van der Waals surface area (Å²) in [6.07, 6.45) is 2.98. The van der Waals surface area contributed by atoms with Crippen LogP contribution in [0.4, 0.5) is 0 Å². The van der Waals surface area contributed by atoms with Crippen LogP contribution in [0.5, 0.6) is 5.75 Å². The molecule has 1 atom stereocenters. The summed E-state index contributed by atoms with van der Waals surface area (Å²) >= 11 is 0. The molecule has 1 aromatic heterocycles. The molecule has 0 bridgehead atoms. The number of nitrogens with one attached hydrogen (secondary N) is 2. The minimum Gasteiger partial charge on any atom is -0.481 e. The van der Waals surface area contributed by atoms with Crippen LogP contribution in [0.2, 0.25) is 0 Å². The number of hydrogen-bond acceptors (Lipinski definition) is 2.